The molecule has 0 aliphatic rings. The van der Waals surface area contributed by atoms with Crippen LogP contribution in [0.15, 0.2) is 36.5 Å². The summed E-state index contributed by atoms with van der Waals surface area (Å²) in [5, 5.41) is 5.92. The van der Waals surface area contributed by atoms with E-state index in [0.717, 1.165) is 28.2 Å². The number of fused-ring (bicyclic) bond motifs is 1. The van der Waals surface area contributed by atoms with Gasteiger partial charge in [0.1, 0.15) is 23.4 Å². The maximum absolute atomic E-state index is 13.2. The fourth-order valence-corrected chi connectivity index (χ4v) is 3.41. The van der Waals surface area contributed by atoms with Crippen LogP contribution in [0.4, 0.5) is 4.39 Å². The summed E-state index contributed by atoms with van der Waals surface area (Å²) >= 11 is 6.05. The molecule has 0 N–H and O–H groups in total. The van der Waals surface area contributed by atoms with Crippen molar-refractivity contribution < 1.29 is 9.13 Å². The minimum Gasteiger partial charge on any atom is -0.360 e. The van der Waals surface area contributed by atoms with E-state index in [1.165, 1.54) is 12.1 Å². The summed E-state index contributed by atoms with van der Waals surface area (Å²) in [6, 6.07) is 9.15. The van der Waals surface area contributed by atoms with Crippen molar-refractivity contribution >= 4 is 30.6 Å². The molecule has 132 valence electrons. The van der Waals surface area contributed by atoms with E-state index in [2.05, 4.69) is 29.7 Å². The van der Waals surface area contributed by atoms with Crippen LogP contribution in [0.25, 0.3) is 22.2 Å². The Balaban J connectivity index is 1.90. The predicted octanol–water partition coefficient (Wildman–Crippen LogP) is 5.20. The van der Waals surface area contributed by atoms with Gasteiger partial charge in [-0.05, 0) is 36.4 Å². The van der Waals surface area contributed by atoms with Crippen LogP contribution in [-0.4, -0.2) is 29.4 Å². The van der Waals surface area contributed by atoms with Gasteiger partial charge >= 0.3 is 0 Å². The molecule has 0 radical (unpaired) electrons. The Morgan fingerprint density at radius 3 is 2.60 bits per heavy atom. The summed E-state index contributed by atoms with van der Waals surface area (Å²) in [6.45, 7) is 8.02. The second-order valence-electron chi connectivity index (χ2n) is 7.23. The molecule has 4 nitrogen and oxygen atoms in total. The molecule has 2 heterocycles. The third-order valence-electron chi connectivity index (χ3n) is 3.93. The van der Waals surface area contributed by atoms with Crippen molar-refractivity contribution in [1.29, 1.82) is 0 Å². The van der Waals surface area contributed by atoms with Gasteiger partial charge in [-0.1, -0.05) is 31.2 Å². The molecule has 0 saturated carbocycles. The van der Waals surface area contributed by atoms with Gasteiger partial charge in [-0.25, -0.2) is 14.1 Å². The van der Waals surface area contributed by atoms with Gasteiger partial charge in [-0.3, -0.25) is 0 Å². The molecule has 3 aromatic rings. The Kier molecular flexibility index (Phi) is 5.22. The van der Waals surface area contributed by atoms with Gasteiger partial charge in [0, 0.05) is 25.6 Å². The topological polar surface area (TPSA) is 39.9 Å². The molecule has 0 aliphatic carbocycles. The summed E-state index contributed by atoms with van der Waals surface area (Å²) in [4.78, 5) is 4.15. The van der Waals surface area contributed by atoms with E-state index < -0.39 is 8.07 Å². The van der Waals surface area contributed by atoms with Gasteiger partial charge < -0.3 is 4.74 Å². The Labute approximate surface area is 152 Å². The molecule has 3 rings (SSSR count). The van der Waals surface area contributed by atoms with Gasteiger partial charge in [0.05, 0.1) is 11.7 Å². The van der Waals surface area contributed by atoms with Crippen LogP contribution < -0.4 is 0 Å². The van der Waals surface area contributed by atoms with E-state index in [4.69, 9.17) is 16.3 Å². The molecule has 0 fully saturated rings. The van der Waals surface area contributed by atoms with Gasteiger partial charge in [-0.2, -0.15) is 5.10 Å². The number of halogens is 2. The zero-order valence-corrected chi connectivity index (χ0v) is 16.3. The number of hydrogen-bond acceptors (Lipinski definition) is 3. The summed E-state index contributed by atoms with van der Waals surface area (Å²) in [7, 11) is -1.13. The summed E-state index contributed by atoms with van der Waals surface area (Å²) < 4.78 is 20.8. The smallest absolute Gasteiger partial charge is 0.140 e. The fraction of sp³-hybridized carbons (Fsp3) is 0.333. The summed E-state index contributed by atoms with van der Waals surface area (Å²) in [5.74, 6) is -0.276. The molecule has 0 saturated heterocycles. The SMILES string of the molecule is C[Si](C)(C)CCOCn1nc(-c2ccc(F)cc2)c2cc(Cl)ncc21. The number of pyridine rings is 1. The van der Waals surface area contributed by atoms with E-state index in [1.807, 2.05) is 0 Å². The number of rotatable bonds is 6. The zero-order valence-electron chi connectivity index (χ0n) is 14.6. The van der Waals surface area contributed by atoms with Crippen molar-refractivity contribution in [3.8, 4) is 11.3 Å². The molecular formula is C18H21ClFN3OSi. The third kappa shape index (κ3) is 4.45. The molecule has 0 aliphatic heterocycles. The Morgan fingerprint density at radius 1 is 1.20 bits per heavy atom. The van der Waals surface area contributed by atoms with Crippen molar-refractivity contribution in [3.05, 3.63) is 47.5 Å². The molecule has 2 aromatic heterocycles. The summed E-state index contributed by atoms with van der Waals surface area (Å²) in [6.07, 6.45) is 1.69. The zero-order chi connectivity index (χ0) is 18.0. The van der Waals surface area contributed by atoms with Crippen LogP contribution in [0.1, 0.15) is 0 Å². The van der Waals surface area contributed by atoms with Gasteiger partial charge in [0.2, 0.25) is 0 Å². The van der Waals surface area contributed by atoms with Crippen LogP contribution in [0.5, 0.6) is 0 Å². The average Bonchev–Trinajstić information content (AvgIpc) is 2.89. The van der Waals surface area contributed by atoms with Gasteiger partial charge in [0.15, 0.2) is 0 Å². The minimum absolute atomic E-state index is 0.276. The highest BCUT2D eigenvalue weighted by Gasteiger charge is 2.15. The van der Waals surface area contributed by atoms with Crippen LogP contribution in [-0.2, 0) is 11.5 Å². The first-order chi connectivity index (χ1) is 11.8. The first-order valence-electron chi connectivity index (χ1n) is 8.19. The second kappa shape index (κ2) is 7.23. The Bertz CT molecular complexity index is 874. The largest absolute Gasteiger partial charge is 0.360 e. The fourth-order valence-electron chi connectivity index (χ4n) is 2.50. The first-order valence-corrected chi connectivity index (χ1v) is 12.3. The predicted molar refractivity (Wildman–Crippen MR) is 102 cm³/mol. The maximum atomic E-state index is 13.2. The molecule has 25 heavy (non-hydrogen) atoms. The lowest BCUT2D eigenvalue weighted by molar-refractivity contribution is 0.0818. The lowest BCUT2D eigenvalue weighted by Crippen LogP contribution is -2.22. The van der Waals surface area contributed by atoms with E-state index in [-0.39, 0.29) is 5.82 Å². The van der Waals surface area contributed by atoms with Crippen LogP contribution in [0, 0.1) is 5.82 Å². The standard InChI is InChI=1S/C18H21ClFN3OSi/c1-25(2,3)9-8-24-12-23-16-11-21-17(19)10-15(16)18(22-23)13-4-6-14(20)7-5-13/h4-7,10-11H,8-9,12H2,1-3H3. The van der Waals surface area contributed by atoms with Crippen molar-refractivity contribution in [3.63, 3.8) is 0 Å². The molecule has 1 aromatic carbocycles. The lowest BCUT2D eigenvalue weighted by atomic mass is 10.1. The molecule has 0 amide bonds. The van der Waals surface area contributed by atoms with Crippen molar-refractivity contribution in [2.24, 2.45) is 0 Å². The molecule has 0 bridgehead atoms. The lowest BCUT2D eigenvalue weighted by Gasteiger charge is -2.15. The second-order valence-corrected chi connectivity index (χ2v) is 13.2. The van der Waals surface area contributed by atoms with Crippen LogP contribution in [0.3, 0.4) is 0 Å². The summed E-state index contributed by atoms with van der Waals surface area (Å²) in [5.41, 5.74) is 2.42. The molecule has 7 heteroatoms. The molecular weight excluding hydrogens is 357 g/mol. The highest BCUT2D eigenvalue weighted by Crippen LogP contribution is 2.29. The highest BCUT2D eigenvalue weighted by atomic mass is 35.5. The number of aromatic nitrogens is 3. The number of hydrogen-bond donors (Lipinski definition) is 0. The van der Waals surface area contributed by atoms with E-state index in [9.17, 15) is 4.39 Å². The van der Waals surface area contributed by atoms with Gasteiger partial charge in [0.25, 0.3) is 0 Å². The molecule has 0 unspecified atom stereocenters. The number of benzene rings is 1. The van der Waals surface area contributed by atoms with Crippen LogP contribution in [0.2, 0.25) is 30.8 Å². The van der Waals surface area contributed by atoms with E-state index in [0.29, 0.717) is 18.5 Å². The minimum atomic E-state index is -1.13. The average molecular weight is 378 g/mol. The first kappa shape index (κ1) is 18.0. The van der Waals surface area contributed by atoms with Crippen molar-refractivity contribution in [2.45, 2.75) is 32.4 Å². The normalized spacial score (nSPS) is 12.0. The van der Waals surface area contributed by atoms with E-state index >= 15 is 0 Å². The molecule has 0 atom stereocenters. The highest BCUT2D eigenvalue weighted by molar-refractivity contribution is 6.76. The third-order valence-corrected chi connectivity index (χ3v) is 5.84. The Hall–Kier alpha value is -1.76. The Morgan fingerprint density at radius 2 is 1.92 bits per heavy atom. The van der Waals surface area contributed by atoms with Crippen LogP contribution >= 0.6 is 11.6 Å². The van der Waals surface area contributed by atoms with Crippen molar-refractivity contribution in [2.75, 3.05) is 6.61 Å². The number of nitrogens with zero attached hydrogens (tertiary/aromatic N) is 3. The van der Waals surface area contributed by atoms with Gasteiger partial charge in [-0.15, -0.1) is 0 Å². The molecule has 0 spiro atoms. The number of ether oxygens (including phenoxy) is 1. The van der Waals surface area contributed by atoms with E-state index in [1.54, 1.807) is 29.1 Å². The quantitative estimate of drug-likeness (QED) is 0.336. The monoisotopic (exact) mass is 377 g/mol. The maximum Gasteiger partial charge on any atom is 0.140 e. The van der Waals surface area contributed by atoms with Crippen molar-refractivity contribution in [1.82, 2.24) is 14.8 Å².